The number of benzene rings is 3. The third-order valence-electron chi connectivity index (χ3n) is 5.77. The Labute approximate surface area is 221 Å². The van der Waals surface area contributed by atoms with Crippen LogP contribution in [-0.4, -0.2) is 44.6 Å². The summed E-state index contributed by atoms with van der Waals surface area (Å²) in [5, 5.41) is 14.5. The Morgan fingerprint density at radius 2 is 1.51 bits per heavy atom. The molecule has 2 amide bonds. The van der Waals surface area contributed by atoms with E-state index in [0.717, 1.165) is 4.90 Å². The van der Waals surface area contributed by atoms with E-state index in [1.165, 1.54) is 48.5 Å². The lowest BCUT2D eigenvalue weighted by Gasteiger charge is -2.14. The van der Waals surface area contributed by atoms with Gasteiger partial charge in [0, 0.05) is 6.42 Å². The third kappa shape index (κ3) is 4.82. The van der Waals surface area contributed by atoms with Crippen molar-refractivity contribution >= 4 is 33.3 Å². The summed E-state index contributed by atoms with van der Waals surface area (Å²) in [4.78, 5) is 38.3. The van der Waals surface area contributed by atoms with E-state index >= 15 is 0 Å². The minimum absolute atomic E-state index is 0.0883. The average Bonchev–Trinajstić information content (AvgIpc) is 3.45. The van der Waals surface area contributed by atoms with Gasteiger partial charge in [0.1, 0.15) is 0 Å². The first-order valence-corrected chi connectivity index (χ1v) is 13.0. The van der Waals surface area contributed by atoms with Crippen LogP contribution in [-0.2, 0) is 14.6 Å². The van der Waals surface area contributed by atoms with Gasteiger partial charge in [-0.3, -0.25) is 14.2 Å². The van der Waals surface area contributed by atoms with Crippen LogP contribution in [0.3, 0.4) is 0 Å². The Balaban J connectivity index is 1.15. The second-order valence-corrected chi connectivity index (χ2v) is 10.1. The lowest BCUT2D eigenvalue weighted by Crippen LogP contribution is -2.31. The van der Waals surface area contributed by atoms with Crippen molar-refractivity contribution in [3.63, 3.8) is 0 Å². The smallest absolute Gasteiger partial charge is 0.414 e. The standard InChI is InChI=1S/C26H19N3O9S/c30-23-20-9-4-5-10-21(20)24(31)28(23)18-13-11-17(12-14-18)26(32)37-16-6-15-36-22-25(29(33)38-27-22)39(34,35)19-7-2-1-3-8-19/h1-5,7-14H,6,15-16H2. The number of imide groups is 1. The Kier molecular flexibility index (Phi) is 6.81. The van der Waals surface area contributed by atoms with Gasteiger partial charge in [-0.25, -0.2) is 18.1 Å². The molecule has 12 nitrogen and oxygen atoms in total. The van der Waals surface area contributed by atoms with Gasteiger partial charge >= 0.3 is 16.9 Å². The van der Waals surface area contributed by atoms with Crippen molar-refractivity contribution in [1.29, 1.82) is 0 Å². The molecule has 1 aromatic heterocycles. The molecule has 0 N–H and O–H groups in total. The maximum atomic E-state index is 12.8. The van der Waals surface area contributed by atoms with Crippen LogP contribution in [0.15, 0.2) is 93.4 Å². The van der Waals surface area contributed by atoms with Gasteiger partial charge in [-0.2, -0.15) is 0 Å². The van der Waals surface area contributed by atoms with Crippen molar-refractivity contribution < 1.29 is 41.8 Å². The van der Waals surface area contributed by atoms with Crippen LogP contribution in [0.5, 0.6) is 5.88 Å². The van der Waals surface area contributed by atoms with Crippen LogP contribution in [0.4, 0.5) is 5.69 Å². The number of sulfone groups is 1. The van der Waals surface area contributed by atoms with Gasteiger partial charge < -0.3 is 14.7 Å². The molecule has 39 heavy (non-hydrogen) atoms. The van der Waals surface area contributed by atoms with Crippen LogP contribution in [0.2, 0.25) is 0 Å². The monoisotopic (exact) mass is 549 g/mol. The van der Waals surface area contributed by atoms with Gasteiger partial charge in [-0.05, 0) is 53.4 Å². The van der Waals surface area contributed by atoms with Gasteiger partial charge in [-0.15, -0.1) is 0 Å². The molecule has 0 unspecified atom stereocenters. The highest BCUT2D eigenvalue weighted by atomic mass is 32.2. The highest BCUT2D eigenvalue weighted by Gasteiger charge is 2.37. The molecular weight excluding hydrogens is 530 g/mol. The number of carbonyl (C=O) groups excluding carboxylic acids is 3. The minimum Gasteiger partial charge on any atom is -0.462 e. The number of aromatic nitrogens is 2. The van der Waals surface area contributed by atoms with Gasteiger partial charge in [0.05, 0.1) is 45.6 Å². The number of amides is 2. The van der Waals surface area contributed by atoms with Crippen molar-refractivity contribution in [3.8, 4) is 5.88 Å². The van der Waals surface area contributed by atoms with E-state index in [0.29, 0.717) is 16.8 Å². The Bertz CT molecular complexity index is 1630. The lowest BCUT2D eigenvalue weighted by atomic mass is 10.1. The minimum atomic E-state index is -4.24. The fourth-order valence-corrected chi connectivity index (χ4v) is 5.18. The number of nitrogens with zero attached hydrogens (tertiary/aromatic N) is 3. The van der Waals surface area contributed by atoms with Crippen molar-refractivity contribution in [2.24, 2.45) is 0 Å². The van der Waals surface area contributed by atoms with Crippen LogP contribution >= 0.6 is 0 Å². The van der Waals surface area contributed by atoms with E-state index in [-0.39, 0.29) is 35.0 Å². The molecule has 13 heteroatoms. The maximum absolute atomic E-state index is 12.8. The number of rotatable bonds is 9. The number of anilines is 1. The Hall–Kier alpha value is -5.04. The van der Waals surface area contributed by atoms with Crippen LogP contribution in [0, 0.1) is 5.21 Å². The second kappa shape index (κ2) is 10.4. The molecular formula is C26H19N3O9S. The predicted octanol–water partition coefficient (Wildman–Crippen LogP) is 2.57. The molecule has 0 atom stereocenters. The van der Waals surface area contributed by atoms with Crippen molar-refractivity contribution in [3.05, 3.63) is 101 Å². The number of hydrogen-bond donors (Lipinski definition) is 0. The van der Waals surface area contributed by atoms with Crippen LogP contribution < -0.4 is 14.5 Å². The zero-order valence-corrected chi connectivity index (χ0v) is 20.9. The Morgan fingerprint density at radius 3 is 2.15 bits per heavy atom. The molecule has 2 heterocycles. The fraction of sp³-hybridized carbons (Fsp3) is 0.115. The van der Waals surface area contributed by atoms with E-state index in [4.69, 9.17) is 9.47 Å². The van der Waals surface area contributed by atoms with E-state index in [2.05, 4.69) is 9.79 Å². The molecule has 0 spiro atoms. The lowest BCUT2D eigenvalue weighted by molar-refractivity contribution is -0.832. The maximum Gasteiger partial charge on any atom is 0.414 e. The molecule has 0 radical (unpaired) electrons. The quantitative estimate of drug-likeness (QED) is 0.131. The first-order chi connectivity index (χ1) is 18.8. The Morgan fingerprint density at radius 1 is 0.897 bits per heavy atom. The number of esters is 1. The highest BCUT2D eigenvalue weighted by Crippen LogP contribution is 2.28. The molecule has 0 saturated heterocycles. The summed E-state index contributed by atoms with van der Waals surface area (Å²) in [6, 6.07) is 19.6. The molecule has 198 valence electrons. The summed E-state index contributed by atoms with van der Waals surface area (Å²) in [7, 11) is -4.24. The molecule has 3 aromatic carbocycles. The van der Waals surface area contributed by atoms with E-state index in [1.807, 2.05) is 0 Å². The number of fused-ring (bicyclic) bond motifs is 1. The summed E-state index contributed by atoms with van der Waals surface area (Å²) in [6.45, 7) is -0.217. The summed E-state index contributed by atoms with van der Waals surface area (Å²) < 4.78 is 40.4. The van der Waals surface area contributed by atoms with Crippen molar-refractivity contribution in [2.75, 3.05) is 18.1 Å². The van der Waals surface area contributed by atoms with E-state index in [1.54, 1.807) is 30.3 Å². The second-order valence-electron chi connectivity index (χ2n) is 8.23. The molecule has 0 aliphatic carbocycles. The van der Waals surface area contributed by atoms with Gasteiger partial charge in [0.25, 0.3) is 21.7 Å². The van der Waals surface area contributed by atoms with Crippen molar-refractivity contribution in [2.45, 2.75) is 16.3 Å². The molecule has 1 aliphatic heterocycles. The van der Waals surface area contributed by atoms with E-state index in [9.17, 15) is 28.0 Å². The van der Waals surface area contributed by atoms with Gasteiger partial charge in [0.2, 0.25) is 0 Å². The molecule has 4 aromatic rings. The van der Waals surface area contributed by atoms with Crippen LogP contribution in [0.1, 0.15) is 37.5 Å². The zero-order chi connectivity index (χ0) is 27.6. The number of hydrogen-bond acceptors (Lipinski definition) is 10. The first kappa shape index (κ1) is 25.6. The zero-order valence-electron chi connectivity index (χ0n) is 20.1. The summed E-state index contributed by atoms with van der Waals surface area (Å²) in [5.41, 5.74) is 1.13. The largest absolute Gasteiger partial charge is 0.462 e. The van der Waals surface area contributed by atoms with Gasteiger partial charge in [0.15, 0.2) is 0 Å². The highest BCUT2D eigenvalue weighted by molar-refractivity contribution is 7.91. The van der Waals surface area contributed by atoms with E-state index < -0.39 is 38.5 Å². The molecule has 0 fully saturated rings. The SMILES string of the molecule is O=C(OCCCOc1no[n+]([O-])c1S(=O)(=O)c1ccccc1)c1ccc(N2C(=O)c3ccccc3C2=O)cc1. The number of ether oxygens (including phenoxy) is 2. The molecule has 1 aliphatic rings. The van der Waals surface area contributed by atoms with Gasteiger partial charge in [-0.1, -0.05) is 30.3 Å². The molecule has 5 rings (SSSR count). The average molecular weight is 550 g/mol. The summed E-state index contributed by atoms with van der Waals surface area (Å²) in [6.07, 6.45) is 0.148. The normalized spacial score (nSPS) is 12.9. The third-order valence-corrected chi connectivity index (χ3v) is 7.50. The first-order valence-electron chi connectivity index (χ1n) is 11.6. The molecule has 0 saturated carbocycles. The summed E-state index contributed by atoms with van der Waals surface area (Å²) >= 11 is 0. The van der Waals surface area contributed by atoms with Crippen LogP contribution in [0.25, 0.3) is 0 Å². The van der Waals surface area contributed by atoms with Crippen molar-refractivity contribution in [1.82, 2.24) is 5.16 Å². The fourth-order valence-electron chi connectivity index (χ4n) is 3.89. The topological polar surface area (TPSA) is 160 Å². The number of carbonyl (C=O) groups is 3. The molecule has 0 bridgehead atoms. The predicted molar refractivity (Wildman–Crippen MR) is 132 cm³/mol. The summed E-state index contributed by atoms with van der Waals surface area (Å²) in [5.74, 6) is -2.06.